The van der Waals surface area contributed by atoms with Gasteiger partial charge in [0.25, 0.3) is 0 Å². The molecule has 1 aromatic heterocycles. The number of hydrogen-bond donors (Lipinski definition) is 1. The molecule has 2 aliphatic heterocycles. The topological polar surface area (TPSA) is 61.3 Å². The molecule has 1 aromatic carbocycles. The van der Waals surface area contributed by atoms with Crippen molar-refractivity contribution < 1.29 is 4.79 Å². The van der Waals surface area contributed by atoms with Crippen LogP contribution in [0.4, 0.5) is 4.79 Å². The van der Waals surface area contributed by atoms with Crippen molar-refractivity contribution in [2.75, 3.05) is 14.1 Å². The van der Waals surface area contributed by atoms with Crippen molar-refractivity contribution in [1.82, 2.24) is 19.4 Å². The molecule has 0 spiro atoms. The quantitative estimate of drug-likeness (QED) is 0.873. The van der Waals surface area contributed by atoms with Crippen molar-refractivity contribution in [2.24, 2.45) is 0 Å². The average Bonchev–Trinajstić information content (AvgIpc) is 2.89. The highest BCUT2D eigenvalue weighted by molar-refractivity contribution is 5.89. The maximum absolute atomic E-state index is 13.0. The second-order valence-corrected chi connectivity index (χ2v) is 7.21. The first-order valence-corrected chi connectivity index (χ1v) is 8.75. The zero-order valence-electron chi connectivity index (χ0n) is 14.2. The maximum atomic E-state index is 13.0. The van der Waals surface area contributed by atoms with Crippen LogP contribution < -0.4 is 5.69 Å². The lowest BCUT2D eigenvalue weighted by Crippen LogP contribution is -2.56. The number of carbonyl (C=O) groups is 1. The molecule has 0 saturated carbocycles. The Morgan fingerprint density at radius 3 is 2.58 bits per heavy atom. The van der Waals surface area contributed by atoms with Gasteiger partial charge in [-0.2, -0.15) is 0 Å². The first kappa shape index (κ1) is 15.4. The van der Waals surface area contributed by atoms with Gasteiger partial charge in [0.15, 0.2) is 0 Å². The van der Waals surface area contributed by atoms with Crippen LogP contribution >= 0.6 is 0 Å². The number of aromatic amines is 1. The molecule has 2 aliphatic rings. The van der Waals surface area contributed by atoms with Gasteiger partial charge < -0.3 is 14.8 Å². The van der Waals surface area contributed by atoms with Crippen LogP contribution in [0.15, 0.2) is 29.1 Å². The molecule has 2 unspecified atom stereocenters. The standard InChI is InChI=1S/C18H24N4O2/c1-20-12-6-5-7-13(20)11-14(10-12)21(2)18(24)22-16-9-4-3-8-15(16)19-17(22)23/h3-4,8-9,12-14H,5-7,10-11H2,1-2H3,(H,19,23). The molecule has 4 rings (SSSR count). The van der Waals surface area contributed by atoms with Crippen LogP contribution in [0.2, 0.25) is 0 Å². The molecule has 2 fully saturated rings. The van der Waals surface area contributed by atoms with Crippen LogP contribution in [0, 0.1) is 0 Å². The summed E-state index contributed by atoms with van der Waals surface area (Å²) in [5.41, 5.74) is 0.984. The van der Waals surface area contributed by atoms with E-state index in [1.54, 1.807) is 4.90 Å². The lowest BCUT2D eigenvalue weighted by atomic mass is 9.82. The van der Waals surface area contributed by atoms with Crippen molar-refractivity contribution >= 4 is 17.1 Å². The SMILES string of the molecule is CN(C(=O)n1c(=O)[nH]c2ccccc21)C1CC2CCCC(C1)N2C. The molecule has 3 heterocycles. The molecule has 6 heteroatoms. The molecule has 0 radical (unpaired) electrons. The number of fused-ring (bicyclic) bond motifs is 3. The number of nitrogens with zero attached hydrogens (tertiary/aromatic N) is 3. The summed E-state index contributed by atoms with van der Waals surface area (Å²) in [6.07, 6.45) is 5.68. The van der Waals surface area contributed by atoms with Crippen molar-refractivity contribution in [3.63, 3.8) is 0 Å². The van der Waals surface area contributed by atoms with Gasteiger partial charge in [-0.1, -0.05) is 18.6 Å². The maximum Gasteiger partial charge on any atom is 0.334 e. The molecule has 2 saturated heterocycles. The molecule has 6 nitrogen and oxygen atoms in total. The summed E-state index contributed by atoms with van der Waals surface area (Å²) < 4.78 is 1.27. The van der Waals surface area contributed by atoms with E-state index in [-0.39, 0.29) is 17.8 Å². The van der Waals surface area contributed by atoms with Gasteiger partial charge in [0, 0.05) is 25.2 Å². The number of aromatic nitrogens is 2. The predicted molar refractivity (Wildman–Crippen MR) is 93.3 cm³/mol. The number of nitrogens with one attached hydrogen (secondary N) is 1. The van der Waals surface area contributed by atoms with Gasteiger partial charge in [0.1, 0.15) is 0 Å². The van der Waals surface area contributed by atoms with Crippen LogP contribution in [0.25, 0.3) is 11.0 Å². The van der Waals surface area contributed by atoms with Crippen LogP contribution in [0.3, 0.4) is 0 Å². The Balaban J connectivity index is 1.62. The molecular formula is C18H24N4O2. The van der Waals surface area contributed by atoms with Crippen LogP contribution in [0.5, 0.6) is 0 Å². The Bertz CT molecular complexity index is 810. The monoisotopic (exact) mass is 328 g/mol. The molecule has 2 aromatic rings. The normalized spacial score (nSPS) is 27.3. The number of hydrogen-bond acceptors (Lipinski definition) is 3. The Morgan fingerprint density at radius 2 is 1.88 bits per heavy atom. The Morgan fingerprint density at radius 1 is 1.21 bits per heavy atom. The van der Waals surface area contributed by atoms with Gasteiger partial charge in [0.05, 0.1) is 11.0 Å². The van der Waals surface area contributed by atoms with Gasteiger partial charge in [-0.3, -0.25) is 0 Å². The second kappa shape index (κ2) is 5.77. The number of benzene rings is 1. The highest BCUT2D eigenvalue weighted by Crippen LogP contribution is 2.34. The number of carbonyl (C=O) groups excluding carboxylic acids is 1. The van der Waals surface area contributed by atoms with Gasteiger partial charge in [-0.15, -0.1) is 0 Å². The van der Waals surface area contributed by atoms with Crippen molar-refractivity contribution in [1.29, 1.82) is 0 Å². The van der Waals surface area contributed by atoms with Gasteiger partial charge in [-0.25, -0.2) is 14.2 Å². The largest absolute Gasteiger partial charge is 0.334 e. The highest BCUT2D eigenvalue weighted by atomic mass is 16.2. The van der Waals surface area contributed by atoms with E-state index in [9.17, 15) is 9.59 Å². The van der Waals surface area contributed by atoms with E-state index in [0.717, 1.165) is 12.8 Å². The molecule has 2 bridgehead atoms. The second-order valence-electron chi connectivity index (χ2n) is 7.21. The summed E-state index contributed by atoms with van der Waals surface area (Å²) in [5.74, 6) is 0. The fourth-order valence-corrected chi connectivity index (χ4v) is 4.46. The minimum Gasteiger partial charge on any atom is -0.324 e. The molecule has 1 N–H and O–H groups in total. The molecule has 24 heavy (non-hydrogen) atoms. The minimum absolute atomic E-state index is 0.199. The zero-order chi connectivity index (χ0) is 16.8. The summed E-state index contributed by atoms with van der Waals surface area (Å²) in [4.78, 5) is 32.3. The van der Waals surface area contributed by atoms with E-state index in [1.807, 2.05) is 31.3 Å². The van der Waals surface area contributed by atoms with Crippen LogP contribution in [0.1, 0.15) is 32.1 Å². The smallest absolute Gasteiger partial charge is 0.324 e. The van der Waals surface area contributed by atoms with E-state index in [0.29, 0.717) is 23.1 Å². The number of imidazole rings is 1. The molecular weight excluding hydrogens is 304 g/mol. The molecule has 0 aliphatic carbocycles. The van der Waals surface area contributed by atoms with E-state index in [2.05, 4.69) is 16.9 Å². The Hall–Kier alpha value is -2.08. The van der Waals surface area contributed by atoms with Gasteiger partial charge in [-0.05, 0) is 44.9 Å². The summed E-state index contributed by atoms with van der Waals surface area (Å²) in [5, 5.41) is 0. The lowest BCUT2D eigenvalue weighted by Gasteiger charge is -2.49. The first-order chi connectivity index (χ1) is 11.6. The Kier molecular flexibility index (Phi) is 3.72. The van der Waals surface area contributed by atoms with Gasteiger partial charge in [0.2, 0.25) is 0 Å². The Labute approximate surface area is 141 Å². The summed E-state index contributed by atoms with van der Waals surface area (Å²) >= 11 is 0. The number of H-pyrrole nitrogens is 1. The number of rotatable bonds is 1. The first-order valence-electron chi connectivity index (χ1n) is 8.75. The third-order valence-electron chi connectivity index (χ3n) is 5.95. The fourth-order valence-electron chi connectivity index (χ4n) is 4.46. The fraction of sp³-hybridized carbons (Fsp3) is 0.556. The zero-order valence-corrected chi connectivity index (χ0v) is 14.2. The van der Waals surface area contributed by atoms with Crippen molar-refractivity contribution in [2.45, 2.75) is 50.2 Å². The highest BCUT2D eigenvalue weighted by Gasteiger charge is 2.39. The van der Waals surface area contributed by atoms with E-state index >= 15 is 0 Å². The molecule has 128 valence electrons. The van der Waals surface area contributed by atoms with E-state index < -0.39 is 0 Å². The number of para-hydroxylation sites is 2. The third kappa shape index (κ3) is 2.36. The van der Waals surface area contributed by atoms with E-state index in [1.165, 1.54) is 23.8 Å². The predicted octanol–water partition coefficient (Wildman–Crippen LogP) is 2.24. The van der Waals surface area contributed by atoms with Gasteiger partial charge >= 0.3 is 11.7 Å². The molecule has 1 amide bonds. The summed E-state index contributed by atoms with van der Waals surface area (Å²) in [7, 11) is 4.04. The minimum atomic E-state index is -0.360. The summed E-state index contributed by atoms with van der Waals surface area (Å²) in [6.45, 7) is 0. The van der Waals surface area contributed by atoms with Crippen LogP contribution in [-0.2, 0) is 0 Å². The van der Waals surface area contributed by atoms with Crippen molar-refractivity contribution in [3.8, 4) is 0 Å². The van der Waals surface area contributed by atoms with Crippen molar-refractivity contribution in [3.05, 3.63) is 34.7 Å². The molecule has 2 atom stereocenters. The third-order valence-corrected chi connectivity index (χ3v) is 5.95. The van der Waals surface area contributed by atoms with E-state index in [4.69, 9.17) is 0 Å². The summed E-state index contributed by atoms with van der Waals surface area (Å²) in [6, 6.07) is 8.40. The average molecular weight is 328 g/mol. The number of amides is 1. The van der Waals surface area contributed by atoms with Crippen LogP contribution in [-0.4, -0.2) is 57.6 Å². The number of piperidine rings is 2. The lowest BCUT2D eigenvalue weighted by molar-refractivity contribution is 0.0260.